The molecule has 0 atom stereocenters. The fraction of sp³-hybridized carbons (Fsp3) is 0.167. The van der Waals surface area contributed by atoms with Crippen LogP contribution in [0.3, 0.4) is 0 Å². The van der Waals surface area contributed by atoms with Gasteiger partial charge in [-0.1, -0.05) is 12.1 Å². The summed E-state index contributed by atoms with van der Waals surface area (Å²) in [5.41, 5.74) is -0.627. The second-order valence-corrected chi connectivity index (χ2v) is 5.10. The Morgan fingerprint density at radius 3 is 2.29 bits per heavy atom. The summed E-state index contributed by atoms with van der Waals surface area (Å²) in [6, 6.07) is 8.30. The van der Waals surface area contributed by atoms with Crippen molar-refractivity contribution in [2.24, 2.45) is 0 Å². The number of esters is 1. The number of rotatable bonds is 8. The number of nitro groups is 1. The average molecular weight is 395 g/mol. The normalized spacial score (nSPS) is 10.8. The fourth-order valence-corrected chi connectivity index (χ4v) is 2.21. The van der Waals surface area contributed by atoms with E-state index < -0.39 is 28.9 Å². The number of carbonyl (C=O) groups excluding carboxylic acids is 1. The molecule has 0 spiro atoms. The summed E-state index contributed by atoms with van der Waals surface area (Å²) in [5, 5.41) is 11.2. The summed E-state index contributed by atoms with van der Waals surface area (Å²) in [6.45, 7) is -3.19. The molecule has 8 nitrogen and oxygen atoms in total. The van der Waals surface area contributed by atoms with E-state index in [9.17, 15) is 23.7 Å². The van der Waals surface area contributed by atoms with Crippen LogP contribution in [0.15, 0.2) is 42.5 Å². The van der Waals surface area contributed by atoms with Gasteiger partial charge in [0.15, 0.2) is 23.0 Å². The van der Waals surface area contributed by atoms with Crippen molar-refractivity contribution in [1.29, 1.82) is 0 Å². The number of hydrogen-bond donors (Lipinski definition) is 0. The summed E-state index contributed by atoms with van der Waals surface area (Å²) in [6.07, 6.45) is 2.05. The van der Waals surface area contributed by atoms with Gasteiger partial charge in [0, 0.05) is 6.08 Å². The molecule has 0 aliphatic rings. The second kappa shape index (κ2) is 9.31. The molecule has 0 unspecified atom stereocenters. The molecule has 2 aromatic rings. The van der Waals surface area contributed by atoms with Crippen LogP contribution >= 0.6 is 0 Å². The number of carbonyl (C=O) groups is 1. The van der Waals surface area contributed by atoms with Crippen molar-refractivity contribution in [3.8, 4) is 23.0 Å². The van der Waals surface area contributed by atoms with Crippen LogP contribution < -0.4 is 18.9 Å². The Bertz CT molecular complexity index is 899. The number of benzene rings is 2. The molecule has 0 aromatic heterocycles. The minimum absolute atomic E-state index is 0.0690. The molecule has 28 heavy (non-hydrogen) atoms. The van der Waals surface area contributed by atoms with E-state index in [4.69, 9.17) is 14.2 Å². The lowest BCUT2D eigenvalue weighted by atomic mass is 10.1. The van der Waals surface area contributed by atoms with Gasteiger partial charge in [0.1, 0.15) is 0 Å². The quantitative estimate of drug-likeness (QED) is 0.220. The van der Waals surface area contributed by atoms with Gasteiger partial charge in [-0.15, -0.1) is 0 Å². The third-order valence-electron chi connectivity index (χ3n) is 3.40. The number of halogens is 2. The molecule has 148 valence electrons. The van der Waals surface area contributed by atoms with Crippen molar-refractivity contribution in [3.63, 3.8) is 0 Å². The van der Waals surface area contributed by atoms with E-state index in [-0.39, 0.29) is 17.1 Å². The molecule has 0 radical (unpaired) electrons. The lowest BCUT2D eigenvalue weighted by molar-refractivity contribution is -0.385. The SMILES string of the molecule is COc1ccccc1OC(=O)/C=C/c1cc(OC)c(OC(F)F)cc1[N+](=O)[O-]. The third-order valence-corrected chi connectivity index (χ3v) is 3.40. The van der Waals surface area contributed by atoms with Crippen LogP contribution in [0.5, 0.6) is 23.0 Å². The van der Waals surface area contributed by atoms with Crippen molar-refractivity contribution in [2.75, 3.05) is 14.2 Å². The van der Waals surface area contributed by atoms with E-state index in [1.54, 1.807) is 18.2 Å². The van der Waals surface area contributed by atoms with Gasteiger partial charge in [-0.2, -0.15) is 8.78 Å². The monoisotopic (exact) mass is 395 g/mol. The highest BCUT2D eigenvalue weighted by molar-refractivity contribution is 5.90. The molecule has 0 saturated carbocycles. The van der Waals surface area contributed by atoms with Crippen molar-refractivity contribution in [1.82, 2.24) is 0 Å². The number of para-hydroxylation sites is 2. The molecular weight excluding hydrogens is 380 g/mol. The van der Waals surface area contributed by atoms with Gasteiger partial charge < -0.3 is 18.9 Å². The summed E-state index contributed by atoms with van der Waals surface area (Å²) in [7, 11) is 2.59. The maximum atomic E-state index is 12.5. The highest BCUT2D eigenvalue weighted by atomic mass is 19.3. The largest absolute Gasteiger partial charge is 0.493 e. The van der Waals surface area contributed by atoms with Crippen molar-refractivity contribution in [3.05, 3.63) is 58.2 Å². The van der Waals surface area contributed by atoms with Crippen molar-refractivity contribution in [2.45, 2.75) is 6.61 Å². The Labute approximate surface area is 158 Å². The number of nitrogens with zero attached hydrogens (tertiary/aromatic N) is 1. The molecule has 0 saturated heterocycles. The smallest absolute Gasteiger partial charge is 0.387 e. The van der Waals surface area contributed by atoms with Gasteiger partial charge in [-0.05, 0) is 24.3 Å². The summed E-state index contributed by atoms with van der Waals surface area (Å²) in [5.74, 6) is -1.01. The Hall–Kier alpha value is -3.69. The second-order valence-electron chi connectivity index (χ2n) is 5.10. The van der Waals surface area contributed by atoms with Crippen LogP contribution in [0.2, 0.25) is 0 Å². The van der Waals surface area contributed by atoms with Crippen LogP contribution in [-0.2, 0) is 4.79 Å². The number of hydrogen-bond acceptors (Lipinski definition) is 7. The van der Waals surface area contributed by atoms with Gasteiger partial charge in [0.05, 0.1) is 30.8 Å². The Kier molecular flexibility index (Phi) is 6.85. The van der Waals surface area contributed by atoms with Gasteiger partial charge in [-0.25, -0.2) is 4.79 Å². The zero-order chi connectivity index (χ0) is 20.7. The van der Waals surface area contributed by atoms with Crippen LogP contribution in [0, 0.1) is 10.1 Å². The van der Waals surface area contributed by atoms with Crippen molar-refractivity contribution < 1.29 is 37.4 Å². The third kappa shape index (κ3) is 5.16. The van der Waals surface area contributed by atoms with Gasteiger partial charge in [0.2, 0.25) is 0 Å². The average Bonchev–Trinajstić information content (AvgIpc) is 2.66. The molecule has 0 amide bonds. The molecule has 2 rings (SSSR count). The maximum absolute atomic E-state index is 12.5. The van der Waals surface area contributed by atoms with E-state index in [0.29, 0.717) is 5.75 Å². The number of nitro benzene ring substituents is 1. The number of alkyl halides is 2. The molecule has 0 N–H and O–H groups in total. The first-order valence-corrected chi connectivity index (χ1v) is 7.69. The van der Waals surface area contributed by atoms with Gasteiger partial charge >= 0.3 is 12.6 Å². The minimum Gasteiger partial charge on any atom is -0.493 e. The molecule has 2 aromatic carbocycles. The van der Waals surface area contributed by atoms with E-state index in [0.717, 1.165) is 24.3 Å². The first-order chi connectivity index (χ1) is 13.3. The molecule has 0 fully saturated rings. The zero-order valence-electron chi connectivity index (χ0n) is 14.8. The lowest BCUT2D eigenvalue weighted by Crippen LogP contribution is -2.06. The van der Waals surface area contributed by atoms with E-state index in [2.05, 4.69) is 4.74 Å². The van der Waals surface area contributed by atoms with Gasteiger partial charge in [0.25, 0.3) is 5.69 Å². The molecule has 0 aliphatic heterocycles. The van der Waals surface area contributed by atoms with Crippen LogP contribution in [0.25, 0.3) is 6.08 Å². The van der Waals surface area contributed by atoms with Gasteiger partial charge in [-0.3, -0.25) is 10.1 Å². The summed E-state index contributed by atoms with van der Waals surface area (Å²) >= 11 is 0. The Morgan fingerprint density at radius 2 is 1.71 bits per heavy atom. The van der Waals surface area contributed by atoms with Crippen LogP contribution in [0.1, 0.15) is 5.56 Å². The Balaban J connectivity index is 2.30. The molecular formula is C18H15F2NO7. The highest BCUT2D eigenvalue weighted by Gasteiger charge is 2.20. The highest BCUT2D eigenvalue weighted by Crippen LogP contribution is 2.36. The molecule has 0 bridgehead atoms. The topological polar surface area (TPSA) is 97.1 Å². The predicted molar refractivity (Wildman–Crippen MR) is 93.9 cm³/mol. The fourth-order valence-electron chi connectivity index (χ4n) is 2.21. The van der Waals surface area contributed by atoms with Crippen molar-refractivity contribution >= 4 is 17.7 Å². The van der Waals surface area contributed by atoms with Crippen LogP contribution in [0.4, 0.5) is 14.5 Å². The minimum atomic E-state index is -3.19. The number of methoxy groups -OCH3 is 2. The van der Waals surface area contributed by atoms with E-state index >= 15 is 0 Å². The van der Waals surface area contributed by atoms with E-state index in [1.807, 2.05) is 0 Å². The zero-order valence-corrected chi connectivity index (χ0v) is 14.8. The van der Waals surface area contributed by atoms with E-state index in [1.165, 1.54) is 20.3 Å². The van der Waals surface area contributed by atoms with Crippen LogP contribution in [-0.4, -0.2) is 31.7 Å². The summed E-state index contributed by atoms with van der Waals surface area (Å²) in [4.78, 5) is 22.4. The molecule has 10 heteroatoms. The first kappa shape index (κ1) is 20.6. The Morgan fingerprint density at radius 1 is 1.07 bits per heavy atom. The maximum Gasteiger partial charge on any atom is 0.387 e. The lowest BCUT2D eigenvalue weighted by Gasteiger charge is -2.11. The standard InChI is InChI=1S/C18H15F2NO7/c1-25-13-5-3-4-6-14(13)27-17(22)8-7-11-9-15(26-2)16(28-18(19)20)10-12(11)21(23)24/h3-10,18H,1-2H3/b8-7+. The number of ether oxygens (including phenoxy) is 4. The predicted octanol–water partition coefficient (Wildman–Crippen LogP) is 3.83. The molecule has 0 heterocycles. The summed E-state index contributed by atoms with van der Waals surface area (Å²) < 4.78 is 44.2. The molecule has 0 aliphatic carbocycles. The first-order valence-electron chi connectivity index (χ1n) is 7.69.